The van der Waals surface area contributed by atoms with Gasteiger partial charge in [0, 0.05) is 12.6 Å². The molecule has 6 nitrogen and oxygen atoms in total. The number of benzene rings is 2. The van der Waals surface area contributed by atoms with Gasteiger partial charge < -0.3 is 19.7 Å². The summed E-state index contributed by atoms with van der Waals surface area (Å²) in [6.45, 7) is 6.29. The molecule has 150 valence electrons. The maximum absolute atomic E-state index is 12.6. The number of nitrogens with one attached hydrogen (secondary N) is 1. The van der Waals surface area contributed by atoms with Gasteiger partial charge in [-0.2, -0.15) is 0 Å². The molecule has 2 aromatic rings. The van der Waals surface area contributed by atoms with Gasteiger partial charge in [0.25, 0.3) is 0 Å². The quantitative estimate of drug-likeness (QED) is 0.653. The Labute approximate surface area is 166 Å². The standard InChI is InChI=1S/C22H28N2O4/c1-4-17(3)24(22(26)23-15-21(25)27-5-2)16-18-10-9-13-20(14-18)28-19-11-7-6-8-12-19/h6-14,17H,4-5,15-16H2,1-3H3,(H,23,26). The van der Waals surface area contributed by atoms with E-state index in [2.05, 4.69) is 5.32 Å². The maximum atomic E-state index is 12.6. The minimum atomic E-state index is -0.446. The Hall–Kier alpha value is -3.02. The minimum Gasteiger partial charge on any atom is -0.465 e. The predicted octanol–water partition coefficient (Wildman–Crippen LogP) is 4.35. The highest BCUT2D eigenvalue weighted by molar-refractivity contribution is 5.81. The number of carbonyl (C=O) groups excluding carboxylic acids is 2. The van der Waals surface area contributed by atoms with Crippen LogP contribution in [0.25, 0.3) is 0 Å². The van der Waals surface area contributed by atoms with Gasteiger partial charge in [0.2, 0.25) is 0 Å². The Bertz CT molecular complexity index is 764. The van der Waals surface area contributed by atoms with Crippen molar-refractivity contribution in [1.29, 1.82) is 0 Å². The van der Waals surface area contributed by atoms with Gasteiger partial charge in [-0.3, -0.25) is 4.79 Å². The van der Waals surface area contributed by atoms with Crippen LogP contribution in [0.1, 0.15) is 32.8 Å². The smallest absolute Gasteiger partial charge is 0.325 e. The van der Waals surface area contributed by atoms with Crippen LogP contribution in [0.3, 0.4) is 0 Å². The third-order valence-electron chi connectivity index (χ3n) is 4.30. The number of hydrogen-bond donors (Lipinski definition) is 1. The second-order valence-corrected chi connectivity index (χ2v) is 6.41. The SMILES string of the molecule is CCOC(=O)CNC(=O)N(Cc1cccc(Oc2ccccc2)c1)C(C)CC. The second-order valence-electron chi connectivity index (χ2n) is 6.41. The maximum Gasteiger partial charge on any atom is 0.325 e. The van der Waals surface area contributed by atoms with E-state index in [-0.39, 0.29) is 25.2 Å². The van der Waals surface area contributed by atoms with Crippen molar-refractivity contribution in [2.24, 2.45) is 0 Å². The van der Waals surface area contributed by atoms with Crippen molar-refractivity contribution < 1.29 is 19.1 Å². The molecule has 0 aliphatic carbocycles. The van der Waals surface area contributed by atoms with E-state index in [1.54, 1.807) is 11.8 Å². The molecule has 2 rings (SSSR count). The lowest BCUT2D eigenvalue weighted by molar-refractivity contribution is -0.141. The van der Waals surface area contributed by atoms with E-state index in [1.165, 1.54) is 0 Å². The Kier molecular flexibility index (Phi) is 8.34. The Morgan fingerprint density at radius 1 is 1.04 bits per heavy atom. The third-order valence-corrected chi connectivity index (χ3v) is 4.30. The van der Waals surface area contributed by atoms with Crippen molar-refractivity contribution in [3.05, 3.63) is 60.2 Å². The molecule has 28 heavy (non-hydrogen) atoms. The van der Waals surface area contributed by atoms with Crippen LogP contribution in [0, 0.1) is 0 Å². The summed E-state index contributed by atoms with van der Waals surface area (Å²) in [5.74, 6) is 1.02. The fourth-order valence-electron chi connectivity index (χ4n) is 2.64. The first-order valence-corrected chi connectivity index (χ1v) is 9.55. The Balaban J connectivity index is 2.06. The molecule has 0 aliphatic heterocycles. The van der Waals surface area contributed by atoms with Crippen LogP contribution in [0.5, 0.6) is 11.5 Å². The number of amides is 2. The number of urea groups is 1. The number of nitrogens with zero attached hydrogens (tertiary/aromatic N) is 1. The number of ether oxygens (including phenoxy) is 2. The molecule has 0 fully saturated rings. The number of rotatable bonds is 9. The molecule has 2 aromatic carbocycles. The highest BCUT2D eigenvalue weighted by Gasteiger charge is 2.20. The van der Waals surface area contributed by atoms with Crippen molar-refractivity contribution in [2.75, 3.05) is 13.2 Å². The highest BCUT2D eigenvalue weighted by Crippen LogP contribution is 2.23. The molecule has 0 spiro atoms. The molecule has 0 heterocycles. The summed E-state index contributed by atoms with van der Waals surface area (Å²) in [5, 5.41) is 2.64. The summed E-state index contributed by atoms with van der Waals surface area (Å²) >= 11 is 0. The number of hydrogen-bond acceptors (Lipinski definition) is 4. The molecule has 2 amide bonds. The summed E-state index contributed by atoms with van der Waals surface area (Å²) in [4.78, 5) is 25.8. The van der Waals surface area contributed by atoms with Crippen molar-refractivity contribution >= 4 is 12.0 Å². The molecule has 0 aliphatic rings. The van der Waals surface area contributed by atoms with Gasteiger partial charge in [0.15, 0.2) is 0 Å². The van der Waals surface area contributed by atoms with E-state index in [4.69, 9.17) is 9.47 Å². The zero-order valence-electron chi connectivity index (χ0n) is 16.7. The molecule has 1 unspecified atom stereocenters. The molecular formula is C22H28N2O4. The van der Waals surface area contributed by atoms with E-state index in [9.17, 15) is 9.59 Å². The Morgan fingerprint density at radius 3 is 2.43 bits per heavy atom. The topological polar surface area (TPSA) is 67.9 Å². The molecular weight excluding hydrogens is 356 g/mol. The molecule has 0 aromatic heterocycles. The van der Waals surface area contributed by atoms with E-state index in [1.807, 2.05) is 68.4 Å². The monoisotopic (exact) mass is 384 g/mol. The van der Waals surface area contributed by atoms with Crippen LogP contribution in [-0.2, 0) is 16.1 Å². The normalized spacial score (nSPS) is 11.4. The summed E-state index contributed by atoms with van der Waals surface area (Å²) in [7, 11) is 0. The minimum absolute atomic E-state index is 0.0147. The molecule has 6 heteroatoms. The zero-order valence-corrected chi connectivity index (χ0v) is 16.7. The van der Waals surface area contributed by atoms with Crippen molar-refractivity contribution in [2.45, 2.75) is 39.8 Å². The van der Waals surface area contributed by atoms with Crippen LogP contribution in [0.15, 0.2) is 54.6 Å². The van der Waals surface area contributed by atoms with Gasteiger partial charge in [0.1, 0.15) is 18.0 Å². The van der Waals surface area contributed by atoms with Gasteiger partial charge in [-0.15, -0.1) is 0 Å². The first kappa shape index (κ1) is 21.3. The van der Waals surface area contributed by atoms with Crippen molar-refractivity contribution in [1.82, 2.24) is 10.2 Å². The van der Waals surface area contributed by atoms with Crippen LogP contribution in [0.4, 0.5) is 4.79 Å². The van der Waals surface area contributed by atoms with Crippen LogP contribution < -0.4 is 10.1 Å². The summed E-state index contributed by atoms with van der Waals surface area (Å²) in [6.07, 6.45) is 0.799. The number of esters is 1. The second kappa shape index (κ2) is 11.0. The number of para-hydroxylation sites is 1. The van der Waals surface area contributed by atoms with E-state index >= 15 is 0 Å². The molecule has 0 saturated heterocycles. The van der Waals surface area contributed by atoms with Gasteiger partial charge in [-0.1, -0.05) is 37.3 Å². The van der Waals surface area contributed by atoms with E-state index < -0.39 is 5.97 Å². The fraction of sp³-hybridized carbons (Fsp3) is 0.364. The zero-order chi connectivity index (χ0) is 20.4. The first-order chi connectivity index (χ1) is 13.5. The average molecular weight is 384 g/mol. The predicted molar refractivity (Wildman–Crippen MR) is 108 cm³/mol. The molecule has 0 bridgehead atoms. The highest BCUT2D eigenvalue weighted by atomic mass is 16.5. The molecule has 1 N–H and O–H groups in total. The summed E-state index contributed by atoms with van der Waals surface area (Å²) in [5.41, 5.74) is 0.944. The first-order valence-electron chi connectivity index (χ1n) is 9.55. The molecule has 0 radical (unpaired) electrons. The summed E-state index contributed by atoms with van der Waals surface area (Å²) in [6, 6.07) is 16.9. The van der Waals surface area contributed by atoms with Crippen LogP contribution >= 0.6 is 0 Å². The fourth-order valence-corrected chi connectivity index (χ4v) is 2.64. The van der Waals surface area contributed by atoms with Crippen molar-refractivity contribution in [3.63, 3.8) is 0 Å². The van der Waals surface area contributed by atoms with Gasteiger partial charge in [0.05, 0.1) is 6.61 Å². The van der Waals surface area contributed by atoms with Gasteiger partial charge in [-0.05, 0) is 50.1 Å². The van der Waals surface area contributed by atoms with Crippen LogP contribution in [-0.4, -0.2) is 36.1 Å². The van der Waals surface area contributed by atoms with Crippen LogP contribution in [0.2, 0.25) is 0 Å². The van der Waals surface area contributed by atoms with E-state index in [0.29, 0.717) is 12.3 Å². The lowest BCUT2D eigenvalue weighted by Gasteiger charge is -2.29. The largest absolute Gasteiger partial charge is 0.465 e. The number of carbonyl (C=O) groups is 2. The molecule has 0 saturated carbocycles. The van der Waals surface area contributed by atoms with Gasteiger partial charge in [-0.25, -0.2) is 4.79 Å². The molecule has 1 atom stereocenters. The van der Waals surface area contributed by atoms with Gasteiger partial charge >= 0.3 is 12.0 Å². The van der Waals surface area contributed by atoms with E-state index in [0.717, 1.165) is 17.7 Å². The van der Waals surface area contributed by atoms with Crippen molar-refractivity contribution in [3.8, 4) is 11.5 Å². The summed E-state index contributed by atoms with van der Waals surface area (Å²) < 4.78 is 10.7. The lowest BCUT2D eigenvalue weighted by atomic mass is 10.1. The lowest BCUT2D eigenvalue weighted by Crippen LogP contribution is -2.46. The third kappa shape index (κ3) is 6.61. The Morgan fingerprint density at radius 2 is 1.75 bits per heavy atom. The average Bonchev–Trinajstić information content (AvgIpc) is 2.71.